The Morgan fingerprint density at radius 3 is 2.47 bits per heavy atom. The van der Waals surface area contributed by atoms with Crippen LogP contribution in [0.15, 0.2) is 30.3 Å². The van der Waals surface area contributed by atoms with E-state index >= 15 is 0 Å². The normalized spacial score (nSPS) is 23.2. The molecule has 3 amide bonds. The van der Waals surface area contributed by atoms with Crippen LogP contribution in [0.2, 0.25) is 0 Å². The number of piperazine rings is 1. The lowest BCUT2D eigenvalue weighted by Crippen LogP contribution is -2.57. The lowest BCUT2D eigenvalue weighted by Gasteiger charge is -2.37. The molecule has 0 spiro atoms. The number of anilines is 1. The van der Waals surface area contributed by atoms with E-state index < -0.39 is 0 Å². The minimum atomic E-state index is -0.302. The van der Waals surface area contributed by atoms with Crippen LogP contribution >= 0.6 is 0 Å². The van der Waals surface area contributed by atoms with Gasteiger partial charge in [0, 0.05) is 58.5 Å². The van der Waals surface area contributed by atoms with Gasteiger partial charge < -0.3 is 20.0 Å². The summed E-state index contributed by atoms with van der Waals surface area (Å²) in [6, 6.07) is 9.64. The van der Waals surface area contributed by atoms with Crippen LogP contribution in [0.5, 0.6) is 0 Å². The molecule has 2 fully saturated rings. The number of carbonyl (C=O) groups is 3. The van der Waals surface area contributed by atoms with Crippen LogP contribution in [0.1, 0.15) is 55.2 Å². The predicted molar refractivity (Wildman–Crippen MR) is 145 cm³/mol. The molecule has 1 aromatic carbocycles. The number of likely N-dealkylation sites (N-methyl/N-ethyl adjacent to an activating group) is 1. The second kappa shape index (κ2) is 10.3. The molecule has 38 heavy (non-hydrogen) atoms. The minimum absolute atomic E-state index is 0.00266. The fourth-order valence-corrected chi connectivity index (χ4v) is 5.96. The molecule has 0 bridgehead atoms. The van der Waals surface area contributed by atoms with Crippen LogP contribution in [0.25, 0.3) is 0 Å². The van der Waals surface area contributed by atoms with E-state index in [1.165, 1.54) is 0 Å². The van der Waals surface area contributed by atoms with Crippen molar-refractivity contribution in [2.75, 3.05) is 44.7 Å². The summed E-state index contributed by atoms with van der Waals surface area (Å²) in [5.41, 5.74) is 2.34. The molecular weight excluding hydrogens is 482 g/mol. The molecule has 1 unspecified atom stereocenters. The van der Waals surface area contributed by atoms with Crippen molar-refractivity contribution < 1.29 is 14.4 Å². The van der Waals surface area contributed by atoms with Gasteiger partial charge in [-0.25, -0.2) is 4.98 Å². The number of quaternary nitrogens is 1. The first kappa shape index (κ1) is 26.1. The highest BCUT2D eigenvalue weighted by molar-refractivity contribution is 5.98. The van der Waals surface area contributed by atoms with Crippen molar-refractivity contribution in [3.05, 3.63) is 47.2 Å². The zero-order chi connectivity index (χ0) is 27.0. The highest BCUT2D eigenvalue weighted by atomic mass is 16.2. The molecule has 3 aliphatic heterocycles. The number of amides is 3. The molecule has 4 heterocycles. The van der Waals surface area contributed by atoms with Gasteiger partial charge >= 0.3 is 0 Å². The molecule has 2 saturated heterocycles. The van der Waals surface area contributed by atoms with Crippen molar-refractivity contribution in [1.82, 2.24) is 29.6 Å². The molecule has 2 aromatic rings. The first-order chi connectivity index (χ1) is 18.2. The van der Waals surface area contributed by atoms with E-state index in [1.54, 1.807) is 6.92 Å². The molecule has 0 radical (unpaired) electrons. The van der Waals surface area contributed by atoms with E-state index in [1.807, 2.05) is 54.0 Å². The quantitative estimate of drug-likeness (QED) is 0.585. The molecule has 0 aliphatic carbocycles. The first-order valence-electron chi connectivity index (χ1n) is 13.6. The van der Waals surface area contributed by atoms with E-state index in [-0.39, 0.29) is 29.8 Å². The number of hydrogen-bond acceptors (Lipinski definition) is 6. The zero-order valence-corrected chi connectivity index (χ0v) is 22.8. The van der Waals surface area contributed by atoms with Crippen LogP contribution in [0.4, 0.5) is 11.8 Å². The Morgan fingerprint density at radius 1 is 1.11 bits per heavy atom. The molecular formula is C28H38N7O3+. The number of carbonyl (C=O) groups excluding carboxylic acids is 3. The third kappa shape index (κ3) is 4.73. The molecule has 1 N–H and O–H groups in total. The standard InChI is InChI=1S/C28H37N7O3/c1-19(2)34-18-22-24(27(34)38)30-28(33-14-12-32(13-15-33)20(3)36)31-25(22)35(4)16-8-11-23(35)26(37)29-17-21-9-6-5-7-10-21/h5-7,9-10,19,23H,8,11-18H2,1-4H3/p+1/t23-,35?/m1/s1. The van der Waals surface area contributed by atoms with E-state index in [0.29, 0.717) is 55.4 Å². The topological polar surface area (TPSA) is 98.7 Å². The van der Waals surface area contributed by atoms with Crippen LogP contribution in [-0.4, -0.2) is 89.3 Å². The van der Waals surface area contributed by atoms with Gasteiger partial charge in [0.2, 0.25) is 17.7 Å². The molecule has 202 valence electrons. The summed E-state index contributed by atoms with van der Waals surface area (Å²) in [7, 11) is 2.07. The third-order valence-electron chi connectivity index (χ3n) is 8.28. The predicted octanol–water partition coefficient (Wildman–Crippen LogP) is 1.93. The Balaban J connectivity index is 1.48. The maximum atomic E-state index is 13.5. The Labute approximate surface area is 224 Å². The van der Waals surface area contributed by atoms with Crippen molar-refractivity contribution in [3.63, 3.8) is 0 Å². The number of rotatable bonds is 6. The Hall–Kier alpha value is -3.53. The maximum absolute atomic E-state index is 13.5. The molecule has 5 rings (SSSR count). The van der Waals surface area contributed by atoms with Crippen LogP contribution in [-0.2, 0) is 22.7 Å². The van der Waals surface area contributed by atoms with Gasteiger partial charge in [-0.15, -0.1) is 0 Å². The van der Waals surface area contributed by atoms with E-state index in [2.05, 4.69) is 17.3 Å². The average Bonchev–Trinajstić information content (AvgIpc) is 3.48. The van der Waals surface area contributed by atoms with Gasteiger partial charge in [-0.3, -0.25) is 18.9 Å². The van der Waals surface area contributed by atoms with E-state index in [4.69, 9.17) is 9.97 Å². The monoisotopic (exact) mass is 520 g/mol. The Kier molecular flexibility index (Phi) is 7.09. The maximum Gasteiger partial charge on any atom is 0.279 e. The Morgan fingerprint density at radius 2 is 1.82 bits per heavy atom. The number of nitrogens with one attached hydrogen (secondary N) is 1. The third-order valence-corrected chi connectivity index (χ3v) is 8.28. The molecule has 10 heteroatoms. The highest BCUT2D eigenvalue weighted by Crippen LogP contribution is 2.39. The molecule has 10 nitrogen and oxygen atoms in total. The fourth-order valence-electron chi connectivity index (χ4n) is 5.96. The smallest absolute Gasteiger partial charge is 0.279 e. The number of aromatic nitrogens is 2. The van der Waals surface area contributed by atoms with Gasteiger partial charge in [0.05, 0.1) is 25.7 Å². The van der Waals surface area contributed by atoms with Crippen LogP contribution < -0.4 is 14.7 Å². The molecule has 2 atom stereocenters. The van der Waals surface area contributed by atoms with Gasteiger partial charge in [-0.05, 0) is 19.4 Å². The van der Waals surface area contributed by atoms with Crippen molar-refractivity contribution in [2.24, 2.45) is 0 Å². The van der Waals surface area contributed by atoms with Gasteiger partial charge in [0.15, 0.2) is 6.04 Å². The lowest BCUT2D eigenvalue weighted by molar-refractivity contribution is -0.129. The summed E-state index contributed by atoms with van der Waals surface area (Å²) in [5, 5.41) is 3.14. The summed E-state index contributed by atoms with van der Waals surface area (Å²) in [4.78, 5) is 54.4. The second-order valence-corrected chi connectivity index (χ2v) is 11.0. The van der Waals surface area contributed by atoms with Crippen molar-refractivity contribution >= 4 is 29.5 Å². The number of fused-ring (bicyclic) bond motifs is 1. The van der Waals surface area contributed by atoms with Gasteiger partial charge in [0.1, 0.15) is 5.69 Å². The number of nitrogens with zero attached hydrogens (tertiary/aromatic N) is 6. The van der Waals surface area contributed by atoms with E-state index in [9.17, 15) is 14.4 Å². The number of likely N-dealkylation sites (tertiary alicyclic amines) is 1. The summed E-state index contributed by atoms with van der Waals surface area (Å²) < 4.78 is 0.352. The number of hydrogen-bond donors (Lipinski definition) is 1. The SMILES string of the molecule is CC(=O)N1CCN(c2nc3c(c([N+]4(C)CCC[C@@H]4C(=O)NCc4ccccc4)n2)CN(C(C)C)C3=O)CC1. The zero-order valence-electron chi connectivity index (χ0n) is 22.8. The highest BCUT2D eigenvalue weighted by Gasteiger charge is 2.50. The van der Waals surface area contributed by atoms with Crippen molar-refractivity contribution in [3.8, 4) is 0 Å². The van der Waals surface area contributed by atoms with Crippen LogP contribution in [0, 0.1) is 0 Å². The first-order valence-corrected chi connectivity index (χ1v) is 13.6. The second-order valence-electron chi connectivity index (χ2n) is 11.0. The van der Waals surface area contributed by atoms with Gasteiger partial charge in [-0.2, -0.15) is 4.98 Å². The minimum Gasteiger partial charge on any atom is -0.347 e. The van der Waals surface area contributed by atoms with Gasteiger partial charge in [0.25, 0.3) is 11.8 Å². The number of benzene rings is 1. The summed E-state index contributed by atoms with van der Waals surface area (Å²) >= 11 is 0. The van der Waals surface area contributed by atoms with E-state index in [0.717, 1.165) is 36.3 Å². The van der Waals surface area contributed by atoms with Crippen LogP contribution in [0.3, 0.4) is 0 Å². The Bertz CT molecular complexity index is 1230. The summed E-state index contributed by atoms with van der Waals surface area (Å²) in [6.07, 6.45) is 1.65. The molecule has 1 aromatic heterocycles. The summed E-state index contributed by atoms with van der Waals surface area (Å²) in [5.74, 6) is 1.26. The van der Waals surface area contributed by atoms with Crippen molar-refractivity contribution in [1.29, 1.82) is 0 Å². The fraction of sp³-hybridized carbons (Fsp3) is 0.536. The van der Waals surface area contributed by atoms with Gasteiger partial charge in [-0.1, -0.05) is 30.3 Å². The van der Waals surface area contributed by atoms with Crippen molar-refractivity contribution in [2.45, 2.75) is 58.8 Å². The average molecular weight is 521 g/mol. The molecule has 0 saturated carbocycles. The largest absolute Gasteiger partial charge is 0.347 e. The molecule has 3 aliphatic rings. The summed E-state index contributed by atoms with van der Waals surface area (Å²) in [6.45, 7) is 9.67. The lowest BCUT2D eigenvalue weighted by atomic mass is 10.1.